The average molecular weight is 511 g/mol. The number of carboxylic acid groups (broad SMARTS) is 1. The van der Waals surface area contributed by atoms with Crippen molar-refractivity contribution in [2.24, 2.45) is 0 Å². The molecule has 0 bridgehead atoms. The average Bonchev–Trinajstić information content (AvgIpc) is 3.24. The van der Waals surface area contributed by atoms with Gasteiger partial charge in [0, 0.05) is 25.4 Å². The number of benzene rings is 2. The van der Waals surface area contributed by atoms with Gasteiger partial charge in [-0.25, -0.2) is 13.2 Å². The molecule has 9 heteroatoms. The van der Waals surface area contributed by atoms with E-state index in [1.54, 1.807) is 0 Å². The van der Waals surface area contributed by atoms with E-state index in [1.807, 2.05) is 24.3 Å². The highest BCUT2D eigenvalue weighted by Gasteiger charge is 2.30. The van der Waals surface area contributed by atoms with Gasteiger partial charge in [0.05, 0.1) is 18.8 Å². The number of hydrogen-bond donors (Lipinski definition) is 1. The molecule has 0 fully saturated rings. The molecule has 0 saturated heterocycles. The number of carbonyl (C=O) groups is 2. The second-order valence-corrected chi connectivity index (χ2v) is 11.0. The van der Waals surface area contributed by atoms with Crippen LogP contribution in [0.5, 0.6) is 0 Å². The predicted molar refractivity (Wildman–Crippen MR) is 136 cm³/mol. The van der Waals surface area contributed by atoms with Crippen molar-refractivity contribution in [1.82, 2.24) is 9.21 Å². The minimum Gasteiger partial charge on any atom is -0.481 e. The van der Waals surface area contributed by atoms with Crippen LogP contribution in [-0.2, 0) is 19.6 Å². The van der Waals surface area contributed by atoms with Crippen LogP contribution in [0.15, 0.2) is 48.5 Å². The van der Waals surface area contributed by atoms with Gasteiger partial charge in [0.15, 0.2) is 0 Å². The molecule has 0 radical (unpaired) electrons. The largest absolute Gasteiger partial charge is 0.481 e. The van der Waals surface area contributed by atoms with Crippen molar-refractivity contribution in [3.05, 3.63) is 59.7 Å². The zero-order valence-electron chi connectivity index (χ0n) is 20.1. The van der Waals surface area contributed by atoms with Crippen molar-refractivity contribution in [2.45, 2.75) is 31.6 Å². The van der Waals surface area contributed by atoms with E-state index in [2.05, 4.69) is 36.1 Å². The maximum absolute atomic E-state index is 12.9. The summed E-state index contributed by atoms with van der Waals surface area (Å²) in [4.78, 5) is 25.1. The summed E-state index contributed by atoms with van der Waals surface area (Å²) in [5.41, 5.74) is 4.60. The minimum atomic E-state index is -3.55. The van der Waals surface area contributed by atoms with Gasteiger partial charge in [-0.15, -0.1) is 0 Å². The first-order valence-corrected chi connectivity index (χ1v) is 13.7. The highest BCUT2D eigenvalue weighted by molar-refractivity contribution is 7.89. The molecule has 8 nitrogen and oxygen atoms in total. The summed E-state index contributed by atoms with van der Waals surface area (Å²) < 4.78 is 32.4. The first-order chi connectivity index (χ1) is 17.4. The number of hydrogen-bond acceptors (Lipinski definition) is 5. The first-order valence-electron chi connectivity index (χ1n) is 12.1. The van der Waals surface area contributed by atoms with Gasteiger partial charge in [0.2, 0.25) is 10.0 Å². The summed E-state index contributed by atoms with van der Waals surface area (Å²) in [6, 6.07) is 16.3. The van der Waals surface area contributed by atoms with Gasteiger partial charge in [-0.05, 0) is 41.5 Å². The topological polar surface area (TPSA) is 104 Å². The Labute approximate surface area is 211 Å². The molecule has 2 aromatic carbocycles. The highest BCUT2D eigenvalue weighted by atomic mass is 32.2. The lowest BCUT2D eigenvalue weighted by Crippen LogP contribution is -2.37. The predicted octanol–water partition coefficient (Wildman–Crippen LogP) is 3.53. The zero-order valence-corrected chi connectivity index (χ0v) is 20.9. The molecular formula is C27H30N2O6S. The van der Waals surface area contributed by atoms with Crippen molar-refractivity contribution in [1.29, 1.82) is 0 Å². The fourth-order valence-corrected chi connectivity index (χ4v) is 6.16. The van der Waals surface area contributed by atoms with E-state index in [9.17, 15) is 18.0 Å². The van der Waals surface area contributed by atoms with Crippen LogP contribution in [0.1, 0.15) is 42.7 Å². The van der Waals surface area contributed by atoms with Gasteiger partial charge in [0.25, 0.3) is 0 Å². The Hall–Kier alpha value is -3.35. The molecule has 1 N–H and O–H groups in total. The molecule has 0 saturated carbocycles. The van der Waals surface area contributed by atoms with Crippen LogP contribution in [0.4, 0.5) is 4.79 Å². The fraction of sp³-hybridized carbons (Fsp3) is 0.407. The van der Waals surface area contributed by atoms with Crippen LogP contribution in [-0.4, -0.2) is 73.3 Å². The first kappa shape index (κ1) is 25.7. The number of carboxylic acids is 1. The number of aliphatic carboxylic acids is 1. The van der Waals surface area contributed by atoms with E-state index < -0.39 is 22.1 Å². The monoisotopic (exact) mass is 510 g/mol. The van der Waals surface area contributed by atoms with Crippen LogP contribution in [0.3, 0.4) is 0 Å². The zero-order chi connectivity index (χ0) is 25.5. The van der Waals surface area contributed by atoms with Gasteiger partial charge < -0.3 is 9.84 Å². The normalized spacial score (nSPS) is 16.1. The molecule has 0 spiro atoms. The van der Waals surface area contributed by atoms with Crippen molar-refractivity contribution >= 4 is 22.1 Å². The number of carbonyl (C=O) groups excluding carboxylic acids is 1. The van der Waals surface area contributed by atoms with Crippen LogP contribution in [0, 0.1) is 11.8 Å². The standard InChI is InChI=1S/C27H30N2O6S/c30-26(31)14-5-8-19-36(33,34)29-17-7-6-15-28(16-9-18-29)27(32)35-20-25-23-12-3-1-10-21(23)22-11-2-4-13-24(22)25/h1-4,10-13,25H,5,8-9,14-20H2,(H,30,31). The molecule has 1 heterocycles. The minimum absolute atomic E-state index is 0.0354. The maximum atomic E-state index is 12.9. The number of amides is 1. The SMILES string of the molecule is O=C(O)CCCCS(=O)(=O)N1CC#CCN(C(=O)OCC2c3ccccc3-c3ccccc32)CCC1. The summed E-state index contributed by atoms with van der Waals surface area (Å²) >= 11 is 0. The van der Waals surface area contributed by atoms with Crippen LogP contribution < -0.4 is 0 Å². The van der Waals surface area contributed by atoms with Crippen LogP contribution in [0.2, 0.25) is 0 Å². The second-order valence-electron chi connectivity index (χ2n) is 8.93. The van der Waals surface area contributed by atoms with Crippen molar-refractivity contribution < 1.29 is 27.9 Å². The Kier molecular flexibility index (Phi) is 8.28. The summed E-state index contributed by atoms with van der Waals surface area (Å²) in [6.45, 7) is 1.01. The van der Waals surface area contributed by atoms with Gasteiger partial charge in [-0.1, -0.05) is 60.4 Å². The lowest BCUT2D eigenvalue weighted by Gasteiger charge is -2.23. The molecule has 0 aromatic heterocycles. The number of sulfonamides is 1. The molecular weight excluding hydrogens is 480 g/mol. The van der Waals surface area contributed by atoms with E-state index >= 15 is 0 Å². The van der Waals surface area contributed by atoms with E-state index in [1.165, 1.54) is 9.21 Å². The van der Waals surface area contributed by atoms with Crippen LogP contribution in [0.25, 0.3) is 11.1 Å². The molecule has 0 atom stereocenters. The number of ether oxygens (including phenoxy) is 1. The van der Waals surface area contributed by atoms with E-state index in [-0.39, 0.29) is 50.8 Å². The van der Waals surface area contributed by atoms with E-state index in [0.717, 1.165) is 22.3 Å². The lowest BCUT2D eigenvalue weighted by molar-refractivity contribution is -0.137. The molecule has 190 valence electrons. The van der Waals surface area contributed by atoms with Crippen molar-refractivity contribution in [3.63, 3.8) is 0 Å². The van der Waals surface area contributed by atoms with Gasteiger partial charge in [-0.2, -0.15) is 4.31 Å². The molecule has 36 heavy (non-hydrogen) atoms. The maximum Gasteiger partial charge on any atom is 0.410 e. The number of nitrogens with zero attached hydrogens (tertiary/aromatic N) is 2. The Morgan fingerprint density at radius 1 is 0.944 bits per heavy atom. The summed E-state index contributed by atoms with van der Waals surface area (Å²) in [5.74, 6) is 4.66. The van der Waals surface area contributed by atoms with Crippen molar-refractivity contribution in [2.75, 3.05) is 38.5 Å². The molecule has 1 amide bonds. The third kappa shape index (κ3) is 6.07. The van der Waals surface area contributed by atoms with Gasteiger partial charge in [-0.3, -0.25) is 9.69 Å². The fourth-order valence-electron chi connectivity index (χ4n) is 4.66. The molecule has 4 rings (SSSR count). The molecule has 1 aliphatic carbocycles. The van der Waals surface area contributed by atoms with Gasteiger partial charge >= 0.3 is 12.1 Å². The Bertz CT molecular complexity index is 1230. The van der Waals surface area contributed by atoms with E-state index in [4.69, 9.17) is 9.84 Å². The Balaban J connectivity index is 1.33. The Morgan fingerprint density at radius 2 is 1.58 bits per heavy atom. The summed E-state index contributed by atoms with van der Waals surface area (Å²) in [5, 5.41) is 8.73. The lowest BCUT2D eigenvalue weighted by atomic mass is 9.98. The number of fused-ring (bicyclic) bond motifs is 3. The smallest absolute Gasteiger partial charge is 0.410 e. The quantitative estimate of drug-likeness (QED) is 0.430. The van der Waals surface area contributed by atoms with Crippen molar-refractivity contribution in [3.8, 4) is 23.0 Å². The van der Waals surface area contributed by atoms with Crippen LogP contribution >= 0.6 is 0 Å². The number of rotatable bonds is 8. The Morgan fingerprint density at radius 3 is 2.25 bits per heavy atom. The third-order valence-electron chi connectivity index (χ3n) is 6.52. The highest BCUT2D eigenvalue weighted by Crippen LogP contribution is 2.44. The summed E-state index contributed by atoms with van der Waals surface area (Å²) in [6.07, 6.45) is 0.525. The van der Waals surface area contributed by atoms with E-state index in [0.29, 0.717) is 19.4 Å². The van der Waals surface area contributed by atoms with Gasteiger partial charge in [0.1, 0.15) is 6.61 Å². The molecule has 1 aliphatic heterocycles. The second kappa shape index (κ2) is 11.6. The number of unbranched alkanes of at least 4 members (excludes halogenated alkanes) is 1. The summed E-state index contributed by atoms with van der Waals surface area (Å²) in [7, 11) is -3.55. The molecule has 2 aromatic rings. The molecule has 0 unspecified atom stereocenters. The molecule has 2 aliphatic rings. The third-order valence-corrected chi connectivity index (χ3v) is 8.42.